The molecule has 1 aromatic carbocycles. The Bertz CT molecular complexity index is 2540. The number of carboxylic acid groups (broad SMARTS) is 1. The first-order chi connectivity index (χ1) is 31.4. The van der Waals surface area contributed by atoms with Gasteiger partial charge >= 0.3 is 6.09 Å². The van der Waals surface area contributed by atoms with Crippen molar-refractivity contribution < 1.29 is 46.9 Å². The number of pyridine rings is 2. The smallest absolute Gasteiger partial charge is 0.408 e. The molecule has 4 amide bonds. The molecule has 5 fully saturated rings. The van der Waals surface area contributed by atoms with E-state index in [1.165, 1.54) is 9.80 Å². The van der Waals surface area contributed by atoms with Crippen molar-refractivity contribution in [2.45, 2.75) is 139 Å². The normalized spacial score (nSPS) is 31.9. The summed E-state index contributed by atoms with van der Waals surface area (Å²) < 4.78 is 46.2. The first kappa shape index (κ1) is 45.7. The standard InChI is InChI=1S/C49H62N6O10S/c1-27(2)64-41-14-11-30(25-50-41)39-22-33-21-36(63-6)12-13-38(33)44(51-39)65-37-23-40-43(56)52-49(46(58)53-66(61,62)48(5)15-16-48)24-34(49)10-8-7-9-28(3)17-29(4)42(45(57)54(40)26-37)55(47(59)60)35-19-31-18-32(31)20-35/h8,10-14,21-22,25,27-29,31-32,34-35,37,40,42H,7,9,15-20,23-24,26H2,1-6H3,(H,52,56)(H,53,58)(H,59,60)/b10-8-/t28-,29+,31-,32?,34+,35+,37+,40-,42-,49+/m0/s1. The third kappa shape index (κ3) is 8.91. The van der Waals surface area contributed by atoms with Crippen LogP contribution in [-0.4, -0.2) is 111 Å². The number of nitrogens with zero attached hydrogens (tertiary/aromatic N) is 4. The zero-order valence-electron chi connectivity index (χ0n) is 38.6. The highest BCUT2D eigenvalue weighted by Gasteiger charge is 2.63. The van der Waals surface area contributed by atoms with E-state index in [0.717, 1.165) is 18.2 Å². The van der Waals surface area contributed by atoms with Crippen molar-refractivity contribution in [3.8, 4) is 28.8 Å². The maximum atomic E-state index is 15.5. The lowest BCUT2D eigenvalue weighted by atomic mass is 9.86. The molecular weight excluding hydrogens is 865 g/mol. The number of sulfonamides is 1. The van der Waals surface area contributed by atoms with Crippen LogP contribution in [0.1, 0.15) is 98.8 Å². The Morgan fingerprint density at radius 3 is 2.45 bits per heavy atom. The number of fused-ring (bicyclic) bond motifs is 4. The van der Waals surface area contributed by atoms with Gasteiger partial charge in [-0.3, -0.25) is 24.0 Å². The van der Waals surface area contributed by atoms with E-state index in [9.17, 15) is 27.9 Å². The number of nitrogens with one attached hydrogen (secondary N) is 2. The van der Waals surface area contributed by atoms with Gasteiger partial charge < -0.3 is 29.5 Å². The summed E-state index contributed by atoms with van der Waals surface area (Å²) in [6.45, 7) is 9.37. The van der Waals surface area contributed by atoms with Crippen LogP contribution in [0.5, 0.6) is 17.5 Å². The quantitative estimate of drug-likeness (QED) is 0.177. The largest absolute Gasteiger partial charge is 0.497 e. The summed E-state index contributed by atoms with van der Waals surface area (Å²) >= 11 is 0. The van der Waals surface area contributed by atoms with E-state index < -0.39 is 74.1 Å². The number of benzene rings is 1. The van der Waals surface area contributed by atoms with Crippen molar-refractivity contribution in [2.75, 3.05) is 13.7 Å². The molecule has 17 heteroatoms. The fraction of sp³-hybridized carbons (Fsp3) is 0.592. The molecule has 4 saturated carbocycles. The highest BCUT2D eigenvalue weighted by atomic mass is 32.2. The second-order valence-corrected chi connectivity index (χ2v) is 22.6. The van der Waals surface area contributed by atoms with Crippen molar-refractivity contribution in [2.24, 2.45) is 29.6 Å². The van der Waals surface area contributed by atoms with Crippen molar-refractivity contribution in [1.29, 1.82) is 0 Å². The minimum absolute atomic E-state index is 0.0172. The summed E-state index contributed by atoms with van der Waals surface area (Å²) in [7, 11) is -2.47. The lowest BCUT2D eigenvalue weighted by Gasteiger charge is -2.40. The monoisotopic (exact) mass is 926 g/mol. The third-order valence-corrected chi connectivity index (χ3v) is 17.2. The summed E-state index contributed by atoms with van der Waals surface area (Å²) in [5.41, 5.74) is -0.347. The molecule has 0 spiro atoms. The molecule has 10 atom stereocenters. The van der Waals surface area contributed by atoms with Crippen molar-refractivity contribution >= 4 is 44.6 Å². The van der Waals surface area contributed by atoms with Gasteiger partial charge in [0, 0.05) is 41.6 Å². The molecule has 3 N–H and O–H groups in total. The molecule has 6 aliphatic rings. The van der Waals surface area contributed by atoms with Crippen LogP contribution in [0, 0.1) is 29.6 Å². The van der Waals surface area contributed by atoms with Crippen LogP contribution >= 0.6 is 0 Å². The maximum Gasteiger partial charge on any atom is 0.408 e. The number of rotatable bonds is 11. The highest BCUT2D eigenvalue weighted by molar-refractivity contribution is 7.91. The van der Waals surface area contributed by atoms with E-state index in [2.05, 4.69) is 21.9 Å². The fourth-order valence-electron chi connectivity index (χ4n) is 10.8. The number of hydrogen-bond donors (Lipinski definition) is 3. The van der Waals surface area contributed by atoms with Crippen LogP contribution in [0.3, 0.4) is 0 Å². The van der Waals surface area contributed by atoms with Crippen LogP contribution in [-0.2, 0) is 24.4 Å². The van der Waals surface area contributed by atoms with E-state index in [1.807, 2.05) is 57.2 Å². The molecule has 354 valence electrons. The van der Waals surface area contributed by atoms with E-state index >= 15 is 4.79 Å². The third-order valence-electron chi connectivity index (χ3n) is 15.0. The van der Waals surface area contributed by atoms with Crippen LogP contribution in [0.25, 0.3) is 22.0 Å². The molecule has 3 aromatic rings. The van der Waals surface area contributed by atoms with Gasteiger partial charge in [-0.15, -0.1) is 0 Å². The second-order valence-electron chi connectivity index (χ2n) is 20.4. The summed E-state index contributed by atoms with van der Waals surface area (Å²) in [5.74, 6) is -0.544. The average molecular weight is 927 g/mol. The van der Waals surface area contributed by atoms with Gasteiger partial charge in [-0.1, -0.05) is 26.0 Å². The van der Waals surface area contributed by atoms with E-state index in [0.29, 0.717) is 78.6 Å². The van der Waals surface area contributed by atoms with Crippen LogP contribution < -0.4 is 24.2 Å². The Morgan fingerprint density at radius 2 is 1.79 bits per heavy atom. The molecule has 9 rings (SSSR count). The molecular formula is C49H62N6O10S. The first-order valence-electron chi connectivity index (χ1n) is 23.5. The Morgan fingerprint density at radius 1 is 1.03 bits per heavy atom. The number of hydrogen-bond acceptors (Lipinski definition) is 11. The van der Waals surface area contributed by atoms with Crippen molar-refractivity contribution in [3.63, 3.8) is 0 Å². The predicted octanol–water partition coefficient (Wildman–Crippen LogP) is 6.47. The van der Waals surface area contributed by atoms with Crippen molar-refractivity contribution in [1.82, 2.24) is 29.8 Å². The van der Waals surface area contributed by atoms with Gasteiger partial charge in [0.25, 0.3) is 5.91 Å². The van der Waals surface area contributed by atoms with Crippen LogP contribution in [0.2, 0.25) is 0 Å². The number of methoxy groups -OCH3 is 1. The Hall–Kier alpha value is -5.45. The highest BCUT2D eigenvalue weighted by Crippen LogP contribution is 2.54. The Kier molecular flexibility index (Phi) is 12.0. The SMILES string of the molecule is COc1ccc2c(O[C@@H]3C[C@H]4C(=O)N[C@]5(C(=O)NS(=O)(=O)C6(C)CC6)C[C@H]5/C=C\CC[C@H](C)C[C@@H](C)[C@H](N(C(=O)O)[C@H]5CC6C[C@H]6C5)C(=O)N4C3)nc(-c3ccc(OC(C)C)nc3)cc2c1. The second kappa shape index (κ2) is 17.3. The molecule has 2 aliphatic heterocycles. The van der Waals surface area contributed by atoms with E-state index in [1.54, 1.807) is 32.4 Å². The average Bonchev–Trinajstić information content (AvgIpc) is 4.23. The number of amides is 4. The summed E-state index contributed by atoms with van der Waals surface area (Å²) in [4.78, 5) is 70.4. The lowest BCUT2D eigenvalue weighted by molar-refractivity contribution is -0.145. The van der Waals surface area contributed by atoms with Gasteiger partial charge in [0.05, 0.1) is 30.2 Å². The predicted molar refractivity (Wildman–Crippen MR) is 245 cm³/mol. The molecule has 4 heterocycles. The van der Waals surface area contributed by atoms with Crippen LogP contribution in [0.4, 0.5) is 4.79 Å². The molecule has 1 unspecified atom stereocenters. The number of carbonyl (C=O) groups excluding carboxylic acids is 3. The topological polar surface area (TPSA) is 207 Å². The zero-order chi connectivity index (χ0) is 46.9. The summed E-state index contributed by atoms with van der Waals surface area (Å²) in [6.07, 6.45) is 8.87. The zero-order valence-corrected chi connectivity index (χ0v) is 39.4. The first-order valence-corrected chi connectivity index (χ1v) is 25.0. The molecule has 4 aliphatic carbocycles. The minimum atomic E-state index is -4.05. The number of ether oxygens (including phenoxy) is 3. The lowest BCUT2D eigenvalue weighted by Crippen LogP contribution is -2.61. The van der Waals surface area contributed by atoms with Gasteiger partial charge in [0.1, 0.15) is 29.5 Å². The minimum Gasteiger partial charge on any atom is -0.497 e. The molecule has 16 nitrogen and oxygen atoms in total. The number of carbonyl (C=O) groups is 4. The Labute approximate surface area is 386 Å². The van der Waals surface area contributed by atoms with Gasteiger partial charge in [0.15, 0.2) is 0 Å². The van der Waals surface area contributed by atoms with Crippen LogP contribution in [0.15, 0.2) is 54.7 Å². The fourth-order valence-corrected chi connectivity index (χ4v) is 12.1. The molecule has 0 bridgehead atoms. The Balaban J connectivity index is 1.09. The molecule has 2 aromatic heterocycles. The van der Waals surface area contributed by atoms with E-state index in [4.69, 9.17) is 19.2 Å². The number of allylic oxidation sites excluding steroid dienone is 1. The summed E-state index contributed by atoms with van der Waals surface area (Å²) in [6, 6.07) is 8.37. The van der Waals surface area contributed by atoms with Gasteiger partial charge in [0.2, 0.25) is 33.6 Å². The summed E-state index contributed by atoms with van der Waals surface area (Å²) in [5, 5.41) is 15.3. The number of aromatic nitrogens is 2. The van der Waals surface area contributed by atoms with Gasteiger partial charge in [-0.25, -0.2) is 23.2 Å². The molecule has 0 radical (unpaired) electrons. The van der Waals surface area contributed by atoms with Gasteiger partial charge in [-0.2, -0.15) is 0 Å². The molecule has 1 saturated heterocycles. The van der Waals surface area contributed by atoms with Gasteiger partial charge in [-0.05, 0) is 138 Å². The maximum absolute atomic E-state index is 15.5. The van der Waals surface area contributed by atoms with E-state index in [-0.39, 0.29) is 43.3 Å². The van der Waals surface area contributed by atoms with Crippen molar-refractivity contribution in [3.05, 3.63) is 54.7 Å². The molecule has 66 heavy (non-hydrogen) atoms.